The van der Waals surface area contributed by atoms with Gasteiger partial charge >= 0.3 is 0 Å². The van der Waals surface area contributed by atoms with E-state index in [0.29, 0.717) is 24.8 Å². The Labute approximate surface area is 149 Å². The summed E-state index contributed by atoms with van der Waals surface area (Å²) >= 11 is 3.40. The third kappa shape index (κ3) is 3.37. The maximum Gasteiger partial charge on any atom is 0.246 e. The van der Waals surface area contributed by atoms with Crippen molar-refractivity contribution in [1.82, 2.24) is 15.0 Å². The number of nitrogens with zero attached hydrogens (tertiary/aromatic N) is 3. The Bertz CT molecular complexity index is 718. The van der Waals surface area contributed by atoms with Gasteiger partial charge in [0.2, 0.25) is 11.8 Å². The molecule has 0 saturated carbocycles. The van der Waals surface area contributed by atoms with E-state index in [1.807, 2.05) is 36.1 Å². The van der Waals surface area contributed by atoms with Gasteiger partial charge in [0.1, 0.15) is 5.54 Å². The van der Waals surface area contributed by atoms with E-state index in [1.165, 1.54) is 0 Å². The molecule has 0 radical (unpaired) electrons. The molecule has 6 nitrogen and oxygen atoms in total. The fraction of sp³-hybridized carbons (Fsp3) is 0.471. The number of carbonyl (C=O) groups is 1. The topological polar surface area (TPSA) is 85.2 Å². The number of piperidine rings is 1. The van der Waals surface area contributed by atoms with E-state index in [4.69, 9.17) is 10.3 Å². The Morgan fingerprint density at radius 1 is 1.33 bits per heavy atom. The van der Waals surface area contributed by atoms with Gasteiger partial charge in [-0.3, -0.25) is 4.79 Å². The minimum atomic E-state index is -1.03. The summed E-state index contributed by atoms with van der Waals surface area (Å²) in [4.78, 5) is 19.0. The second-order valence-corrected chi connectivity index (χ2v) is 7.37. The number of halogens is 1. The van der Waals surface area contributed by atoms with Crippen molar-refractivity contribution in [2.75, 3.05) is 13.1 Å². The summed E-state index contributed by atoms with van der Waals surface area (Å²) < 4.78 is 6.22. The average Bonchev–Trinajstić information content (AvgIpc) is 3.01. The Balaban J connectivity index is 1.67. The van der Waals surface area contributed by atoms with Crippen LogP contribution in [0.3, 0.4) is 0 Å². The third-order valence-electron chi connectivity index (χ3n) is 4.56. The number of benzene rings is 1. The molecule has 1 unspecified atom stereocenters. The van der Waals surface area contributed by atoms with E-state index in [2.05, 4.69) is 26.1 Å². The maximum atomic E-state index is 12.9. The number of likely N-dealkylation sites (tertiary alicyclic amines) is 1. The van der Waals surface area contributed by atoms with Crippen molar-refractivity contribution in [1.29, 1.82) is 0 Å². The van der Waals surface area contributed by atoms with Gasteiger partial charge in [-0.1, -0.05) is 33.2 Å². The van der Waals surface area contributed by atoms with Crippen LogP contribution in [0.4, 0.5) is 0 Å². The lowest BCUT2D eigenvalue weighted by Gasteiger charge is -2.36. The van der Waals surface area contributed by atoms with Crippen LogP contribution in [0.2, 0.25) is 0 Å². The standard InChI is InChI=1S/C17H21BrN4O2/c1-11-20-15(24-21-11)12-7-9-22(10-8-12)16(23)17(2,19)13-3-5-14(18)6-4-13/h3-6,12H,7-10,19H2,1-2H3. The van der Waals surface area contributed by atoms with Crippen molar-refractivity contribution in [3.8, 4) is 0 Å². The second kappa shape index (κ2) is 6.64. The summed E-state index contributed by atoms with van der Waals surface area (Å²) in [7, 11) is 0. The molecule has 1 saturated heterocycles. The molecule has 2 heterocycles. The molecule has 0 spiro atoms. The van der Waals surface area contributed by atoms with Gasteiger partial charge in [0.15, 0.2) is 5.82 Å². The minimum Gasteiger partial charge on any atom is -0.341 e. The largest absolute Gasteiger partial charge is 0.341 e. The van der Waals surface area contributed by atoms with Gasteiger partial charge in [0, 0.05) is 23.5 Å². The monoisotopic (exact) mass is 392 g/mol. The summed E-state index contributed by atoms with van der Waals surface area (Å²) in [5.74, 6) is 1.48. The SMILES string of the molecule is Cc1noc(C2CCN(C(=O)C(C)(N)c3ccc(Br)cc3)CC2)n1. The first-order valence-electron chi connectivity index (χ1n) is 8.02. The van der Waals surface area contributed by atoms with Crippen molar-refractivity contribution in [2.24, 2.45) is 5.73 Å². The van der Waals surface area contributed by atoms with Crippen LogP contribution in [0.5, 0.6) is 0 Å². The fourth-order valence-corrected chi connectivity index (χ4v) is 3.32. The Kier molecular flexibility index (Phi) is 4.73. The molecule has 1 aromatic carbocycles. The lowest BCUT2D eigenvalue weighted by atomic mass is 9.89. The van der Waals surface area contributed by atoms with Gasteiger partial charge in [-0.25, -0.2) is 0 Å². The lowest BCUT2D eigenvalue weighted by molar-refractivity contribution is -0.138. The Morgan fingerprint density at radius 2 is 1.96 bits per heavy atom. The number of carbonyl (C=O) groups excluding carboxylic acids is 1. The molecular weight excluding hydrogens is 372 g/mol. The molecule has 1 aliphatic heterocycles. The molecule has 1 amide bonds. The van der Waals surface area contributed by atoms with Crippen LogP contribution in [-0.2, 0) is 10.3 Å². The highest BCUT2D eigenvalue weighted by Crippen LogP contribution is 2.29. The molecule has 2 N–H and O–H groups in total. The number of amides is 1. The van der Waals surface area contributed by atoms with Crippen LogP contribution < -0.4 is 5.73 Å². The lowest BCUT2D eigenvalue weighted by Crippen LogP contribution is -2.52. The van der Waals surface area contributed by atoms with Crippen LogP contribution >= 0.6 is 15.9 Å². The quantitative estimate of drug-likeness (QED) is 0.867. The van der Waals surface area contributed by atoms with Gasteiger partial charge in [-0.2, -0.15) is 4.98 Å². The van der Waals surface area contributed by atoms with Crippen LogP contribution in [-0.4, -0.2) is 34.0 Å². The summed E-state index contributed by atoms with van der Waals surface area (Å²) in [6.07, 6.45) is 1.62. The molecule has 1 atom stereocenters. The summed E-state index contributed by atoms with van der Waals surface area (Å²) in [5.41, 5.74) is 6.14. The molecule has 3 rings (SSSR count). The molecule has 24 heavy (non-hydrogen) atoms. The summed E-state index contributed by atoms with van der Waals surface area (Å²) in [5, 5.41) is 3.84. The number of hydrogen-bond donors (Lipinski definition) is 1. The predicted molar refractivity (Wildman–Crippen MR) is 93.3 cm³/mol. The zero-order chi connectivity index (χ0) is 17.3. The van der Waals surface area contributed by atoms with Gasteiger partial charge in [0.25, 0.3) is 0 Å². The predicted octanol–water partition coefficient (Wildman–Crippen LogP) is 2.72. The van der Waals surface area contributed by atoms with Crippen molar-refractivity contribution in [3.63, 3.8) is 0 Å². The molecule has 2 aromatic rings. The normalized spacial score (nSPS) is 18.4. The molecule has 0 aliphatic carbocycles. The second-order valence-electron chi connectivity index (χ2n) is 6.46. The van der Waals surface area contributed by atoms with Crippen LogP contribution in [0, 0.1) is 6.92 Å². The van der Waals surface area contributed by atoms with E-state index in [9.17, 15) is 4.79 Å². The number of rotatable bonds is 3. The molecular formula is C17H21BrN4O2. The fourth-order valence-electron chi connectivity index (χ4n) is 3.06. The Morgan fingerprint density at radius 3 is 2.50 bits per heavy atom. The zero-order valence-electron chi connectivity index (χ0n) is 13.8. The zero-order valence-corrected chi connectivity index (χ0v) is 15.4. The van der Waals surface area contributed by atoms with Crippen LogP contribution in [0.15, 0.2) is 33.3 Å². The summed E-state index contributed by atoms with van der Waals surface area (Å²) in [6.45, 7) is 4.87. The van der Waals surface area contributed by atoms with Crippen LogP contribution in [0.1, 0.15) is 43.0 Å². The van der Waals surface area contributed by atoms with E-state index >= 15 is 0 Å². The van der Waals surface area contributed by atoms with Crippen molar-refractivity contribution in [3.05, 3.63) is 46.0 Å². The van der Waals surface area contributed by atoms with Gasteiger partial charge < -0.3 is 15.2 Å². The Hall–Kier alpha value is -1.73. The molecule has 7 heteroatoms. The van der Waals surface area contributed by atoms with Gasteiger partial charge in [-0.15, -0.1) is 0 Å². The van der Waals surface area contributed by atoms with E-state index in [1.54, 1.807) is 6.92 Å². The molecule has 0 bridgehead atoms. The maximum absolute atomic E-state index is 12.9. The van der Waals surface area contributed by atoms with Gasteiger partial charge in [-0.05, 0) is 44.4 Å². The van der Waals surface area contributed by atoms with E-state index in [0.717, 1.165) is 22.9 Å². The number of nitrogens with two attached hydrogens (primary N) is 1. The average molecular weight is 393 g/mol. The minimum absolute atomic E-state index is 0.0509. The molecule has 1 fully saturated rings. The number of aryl methyl sites for hydroxylation is 1. The molecule has 1 aromatic heterocycles. The highest BCUT2D eigenvalue weighted by Gasteiger charge is 2.37. The van der Waals surface area contributed by atoms with Crippen molar-refractivity contribution < 1.29 is 9.32 Å². The van der Waals surface area contributed by atoms with Crippen molar-refractivity contribution in [2.45, 2.75) is 38.1 Å². The first kappa shape index (κ1) is 17.1. The molecule has 1 aliphatic rings. The first-order valence-corrected chi connectivity index (χ1v) is 8.81. The van der Waals surface area contributed by atoms with Crippen LogP contribution in [0.25, 0.3) is 0 Å². The summed E-state index contributed by atoms with van der Waals surface area (Å²) in [6, 6.07) is 7.57. The third-order valence-corrected chi connectivity index (χ3v) is 5.09. The number of hydrogen-bond acceptors (Lipinski definition) is 5. The van der Waals surface area contributed by atoms with Gasteiger partial charge in [0.05, 0.1) is 0 Å². The molecule has 128 valence electrons. The smallest absolute Gasteiger partial charge is 0.246 e. The van der Waals surface area contributed by atoms with Crippen molar-refractivity contribution >= 4 is 21.8 Å². The van der Waals surface area contributed by atoms with E-state index in [-0.39, 0.29) is 11.8 Å². The van der Waals surface area contributed by atoms with E-state index < -0.39 is 5.54 Å². The first-order chi connectivity index (χ1) is 11.4. The highest BCUT2D eigenvalue weighted by atomic mass is 79.9. The number of aromatic nitrogens is 2. The highest BCUT2D eigenvalue weighted by molar-refractivity contribution is 9.10.